The Morgan fingerprint density at radius 1 is 1.26 bits per heavy atom. The van der Waals surface area contributed by atoms with E-state index in [1.165, 1.54) is 12.1 Å². The lowest BCUT2D eigenvalue weighted by Gasteiger charge is -2.16. The number of alkyl halides is 2. The molecule has 0 radical (unpaired) electrons. The largest absolute Gasteiger partial charge is 0.464 e. The molecule has 1 unspecified atom stereocenters. The molecule has 9 nitrogen and oxygen atoms in total. The first-order valence-electron chi connectivity index (χ1n) is 9.41. The van der Waals surface area contributed by atoms with E-state index in [9.17, 15) is 13.6 Å². The number of nitrogens with one attached hydrogen (secondary N) is 1. The van der Waals surface area contributed by atoms with Crippen molar-refractivity contribution in [2.75, 3.05) is 23.3 Å². The summed E-state index contributed by atoms with van der Waals surface area (Å²) in [6, 6.07) is 9.71. The van der Waals surface area contributed by atoms with Crippen LogP contribution in [0.25, 0.3) is 0 Å². The lowest BCUT2D eigenvalue weighted by Crippen LogP contribution is -2.25. The molecule has 1 aliphatic rings. The highest BCUT2D eigenvalue weighted by Gasteiger charge is 2.26. The van der Waals surface area contributed by atoms with Gasteiger partial charge in [0.2, 0.25) is 11.0 Å². The molecule has 1 atom stereocenters. The van der Waals surface area contributed by atoms with Gasteiger partial charge in [0, 0.05) is 19.2 Å². The molecule has 1 aromatic carbocycles. The third kappa shape index (κ3) is 5.81. The van der Waals surface area contributed by atoms with Crippen molar-refractivity contribution in [1.82, 2.24) is 20.4 Å². The standard InChI is InChI=1S/C19H18F2N6O3S/c20-17(21)29-13-4-1-3-12(9-13)10-16(28)23-18-25-26-19(31-18)30-14-6-8-27(11-14)15-5-2-7-22-24-15/h1-5,7,9,14,17H,6,8,10-11H2,(H,23,25,28). The third-order valence-corrected chi connectivity index (χ3v) is 5.17. The molecule has 0 bridgehead atoms. The molecule has 1 aliphatic heterocycles. The van der Waals surface area contributed by atoms with Crippen molar-refractivity contribution in [3.05, 3.63) is 48.2 Å². The average molecular weight is 448 g/mol. The van der Waals surface area contributed by atoms with Gasteiger partial charge in [-0.1, -0.05) is 17.2 Å². The second-order valence-corrected chi connectivity index (χ2v) is 7.62. The Labute approximate surface area is 180 Å². The number of hydrogen-bond acceptors (Lipinski definition) is 9. The van der Waals surface area contributed by atoms with Crippen LogP contribution in [0.5, 0.6) is 10.9 Å². The number of carbonyl (C=O) groups excluding carboxylic acids is 1. The zero-order valence-electron chi connectivity index (χ0n) is 16.1. The predicted octanol–water partition coefficient (Wildman–Crippen LogP) is 2.77. The van der Waals surface area contributed by atoms with Gasteiger partial charge in [0.25, 0.3) is 5.19 Å². The average Bonchev–Trinajstić information content (AvgIpc) is 3.38. The van der Waals surface area contributed by atoms with Gasteiger partial charge < -0.3 is 19.7 Å². The summed E-state index contributed by atoms with van der Waals surface area (Å²) in [5.41, 5.74) is 0.534. The second kappa shape index (κ2) is 9.60. The van der Waals surface area contributed by atoms with Gasteiger partial charge in [-0.15, -0.1) is 10.2 Å². The van der Waals surface area contributed by atoms with Crippen LogP contribution >= 0.6 is 11.3 Å². The van der Waals surface area contributed by atoms with E-state index in [2.05, 4.69) is 35.3 Å². The third-order valence-electron chi connectivity index (χ3n) is 4.44. The van der Waals surface area contributed by atoms with E-state index in [1.807, 2.05) is 12.1 Å². The Balaban J connectivity index is 1.28. The smallest absolute Gasteiger partial charge is 0.387 e. The van der Waals surface area contributed by atoms with Crippen molar-refractivity contribution in [1.29, 1.82) is 0 Å². The normalized spacial score (nSPS) is 15.8. The number of aromatic nitrogens is 4. The Morgan fingerprint density at radius 2 is 2.16 bits per heavy atom. The van der Waals surface area contributed by atoms with Gasteiger partial charge in [0.15, 0.2) is 5.82 Å². The number of halogens is 2. The SMILES string of the molecule is O=C(Cc1cccc(OC(F)F)c1)Nc1nnc(OC2CCN(c3cccnn3)C2)s1. The molecule has 162 valence electrons. The summed E-state index contributed by atoms with van der Waals surface area (Å²) in [5, 5.41) is 19.2. The van der Waals surface area contributed by atoms with Crippen LogP contribution in [0.1, 0.15) is 12.0 Å². The molecular weight excluding hydrogens is 430 g/mol. The van der Waals surface area contributed by atoms with Crippen molar-refractivity contribution in [2.24, 2.45) is 0 Å². The van der Waals surface area contributed by atoms with E-state index in [-0.39, 0.29) is 24.2 Å². The van der Waals surface area contributed by atoms with Gasteiger partial charge in [-0.3, -0.25) is 4.79 Å². The molecule has 12 heteroatoms. The van der Waals surface area contributed by atoms with Crippen LogP contribution in [0.15, 0.2) is 42.6 Å². The van der Waals surface area contributed by atoms with Crippen LogP contribution < -0.4 is 19.7 Å². The molecule has 1 N–H and O–H groups in total. The van der Waals surface area contributed by atoms with E-state index >= 15 is 0 Å². The fourth-order valence-corrected chi connectivity index (χ4v) is 3.80. The Morgan fingerprint density at radius 3 is 2.97 bits per heavy atom. The first-order valence-corrected chi connectivity index (χ1v) is 10.2. The topological polar surface area (TPSA) is 102 Å². The fourth-order valence-electron chi connectivity index (χ4n) is 3.13. The van der Waals surface area contributed by atoms with Crippen molar-refractivity contribution in [2.45, 2.75) is 25.6 Å². The molecule has 3 aromatic rings. The van der Waals surface area contributed by atoms with Crippen LogP contribution in [0.3, 0.4) is 0 Å². The van der Waals surface area contributed by atoms with Crippen molar-refractivity contribution < 1.29 is 23.0 Å². The fraction of sp³-hybridized carbons (Fsp3) is 0.316. The molecule has 4 rings (SSSR count). The van der Waals surface area contributed by atoms with E-state index < -0.39 is 6.61 Å². The lowest BCUT2D eigenvalue weighted by molar-refractivity contribution is -0.115. The molecule has 1 fully saturated rings. The minimum atomic E-state index is -2.92. The zero-order chi connectivity index (χ0) is 21.6. The molecule has 3 heterocycles. The van der Waals surface area contributed by atoms with Crippen molar-refractivity contribution in [3.8, 4) is 10.9 Å². The van der Waals surface area contributed by atoms with E-state index in [0.29, 0.717) is 22.4 Å². The maximum absolute atomic E-state index is 12.3. The van der Waals surface area contributed by atoms with Crippen LogP contribution in [-0.4, -0.2) is 52.1 Å². The van der Waals surface area contributed by atoms with Gasteiger partial charge >= 0.3 is 6.61 Å². The molecule has 1 amide bonds. The maximum atomic E-state index is 12.3. The van der Waals surface area contributed by atoms with Gasteiger partial charge in [-0.05, 0) is 41.2 Å². The summed E-state index contributed by atoms with van der Waals surface area (Å²) in [7, 11) is 0. The highest BCUT2D eigenvalue weighted by molar-refractivity contribution is 7.17. The highest BCUT2D eigenvalue weighted by atomic mass is 32.1. The minimum absolute atomic E-state index is 0.000932. The number of rotatable bonds is 8. The van der Waals surface area contributed by atoms with Gasteiger partial charge in [-0.2, -0.15) is 13.9 Å². The number of anilines is 2. The predicted molar refractivity (Wildman–Crippen MR) is 109 cm³/mol. The number of carbonyl (C=O) groups is 1. The molecule has 2 aromatic heterocycles. The van der Waals surface area contributed by atoms with Gasteiger partial charge in [-0.25, -0.2) is 0 Å². The molecule has 31 heavy (non-hydrogen) atoms. The van der Waals surface area contributed by atoms with Crippen LogP contribution in [0, 0.1) is 0 Å². The zero-order valence-corrected chi connectivity index (χ0v) is 17.0. The van der Waals surface area contributed by atoms with Crippen molar-refractivity contribution >= 4 is 28.2 Å². The number of benzene rings is 1. The monoisotopic (exact) mass is 448 g/mol. The molecule has 1 saturated heterocycles. The Hall–Kier alpha value is -3.41. The number of amides is 1. The Kier molecular flexibility index (Phi) is 6.46. The molecular formula is C19H18F2N6O3S. The van der Waals surface area contributed by atoms with E-state index in [0.717, 1.165) is 30.1 Å². The van der Waals surface area contributed by atoms with Crippen LogP contribution in [0.2, 0.25) is 0 Å². The molecule has 0 spiro atoms. The summed E-state index contributed by atoms with van der Waals surface area (Å²) >= 11 is 1.12. The van der Waals surface area contributed by atoms with E-state index in [1.54, 1.807) is 18.3 Å². The number of hydrogen-bond donors (Lipinski definition) is 1. The van der Waals surface area contributed by atoms with Gasteiger partial charge in [0.05, 0.1) is 13.0 Å². The summed E-state index contributed by atoms with van der Waals surface area (Å²) in [5.74, 6) is 0.437. The van der Waals surface area contributed by atoms with E-state index in [4.69, 9.17) is 4.74 Å². The van der Waals surface area contributed by atoms with Crippen LogP contribution in [0.4, 0.5) is 19.7 Å². The maximum Gasteiger partial charge on any atom is 0.387 e. The summed E-state index contributed by atoms with van der Waals surface area (Å²) < 4.78 is 34.9. The van der Waals surface area contributed by atoms with Crippen LogP contribution in [-0.2, 0) is 11.2 Å². The number of ether oxygens (including phenoxy) is 2. The van der Waals surface area contributed by atoms with Crippen molar-refractivity contribution in [3.63, 3.8) is 0 Å². The molecule has 0 saturated carbocycles. The summed E-state index contributed by atoms with van der Waals surface area (Å²) in [4.78, 5) is 14.3. The number of nitrogens with zero attached hydrogens (tertiary/aromatic N) is 5. The second-order valence-electron chi connectivity index (χ2n) is 6.68. The van der Waals surface area contributed by atoms with Gasteiger partial charge in [0.1, 0.15) is 11.9 Å². The summed E-state index contributed by atoms with van der Waals surface area (Å²) in [6.45, 7) is -1.48. The quantitative estimate of drug-likeness (QED) is 0.561. The minimum Gasteiger partial charge on any atom is -0.464 e. The summed E-state index contributed by atoms with van der Waals surface area (Å²) in [6.07, 6.45) is 2.33. The lowest BCUT2D eigenvalue weighted by atomic mass is 10.1. The molecule has 0 aliphatic carbocycles. The highest BCUT2D eigenvalue weighted by Crippen LogP contribution is 2.27. The first kappa shape index (κ1) is 20.8. The first-order chi connectivity index (χ1) is 15.0. The Bertz CT molecular complexity index is 1020.